The Balaban J connectivity index is 1.53. The van der Waals surface area contributed by atoms with Crippen LogP contribution in [-0.2, 0) is 6.42 Å². The van der Waals surface area contributed by atoms with Gasteiger partial charge in [-0.25, -0.2) is 0 Å². The molecular weight excluding hydrogens is 314 g/mol. The zero-order valence-corrected chi connectivity index (χ0v) is 14.1. The van der Waals surface area contributed by atoms with Gasteiger partial charge in [0.15, 0.2) is 0 Å². The van der Waals surface area contributed by atoms with Gasteiger partial charge in [-0.1, -0.05) is 31.0 Å². The van der Waals surface area contributed by atoms with E-state index in [0.717, 1.165) is 37.8 Å². The van der Waals surface area contributed by atoms with Gasteiger partial charge in [-0.15, -0.1) is 0 Å². The number of pyridine rings is 1. The average Bonchev–Trinajstić information content (AvgIpc) is 3.30. The second kappa shape index (κ2) is 6.67. The minimum Gasteiger partial charge on any atom is -0.349 e. The number of nitrogens with zero attached hydrogens (tertiary/aromatic N) is 2. The molecule has 25 heavy (non-hydrogen) atoms. The van der Waals surface area contributed by atoms with Crippen LogP contribution in [0.3, 0.4) is 0 Å². The fraction of sp³-hybridized carbons (Fsp3) is 0.350. The maximum atomic E-state index is 12.9. The third-order valence-corrected chi connectivity index (χ3v) is 5.07. The van der Waals surface area contributed by atoms with Crippen LogP contribution < -0.4 is 10.2 Å². The van der Waals surface area contributed by atoms with Gasteiger partial charge in [0.2, 0.25) is 0 Å². The highest BCUT2D eigenvalue weighted by atomic mass is 16.2. The molecule has 0 spiro atoms. The average molecular weight is 335 g/mol. The number of benzene rings is 1. The van der Waals surface area contributed by atoms with Crippen LogP contribution in [0, 0.1) is 0 Å². The SMILES string of the molecule is O=C(NC1CCCC1)c1cncc(C(=O)N2CCc3ccccc32)c1. The molecule has 0 radical (unpaired) electrons. The Morgan fingerprint density at radius 3 is 2.68 bits per heavy atom. The second-order valence-corrected chi connectivity index (χ2v) is 6.75. The number of anilines is 1. The number of carbonyl (C=O) groups is 2. The van der Waals surface area contributed by atoms with Crippen LogP contribution in [-0.4, -0.2) is 29.4 Å². The number of carbonyl (C=O) groups excluding carboxylic acids is 2. The monoisotopic (exact) mass is 335 g/mol. The Bertz CT molecular complexity index is 812. The summed E-state index contributed by atoms with van der Waals surface area (Å²) in [5.41, 5.74) is 3.04. The topological polar surface area (TPSA) is 62.3 Å². The molecule has 1 aliphatic heterocycles. The first kappa shape index (κ1) is 15.8. The minimum atomic E-state index is -0.143. The molecule has 2 heterocycles. The van der Waals surface area contributed by atoms with Gasteiger partial charge in [0.05, 0.1) is 11.1 Å². The smallest absolute Gasteiger partial charge is 0.259 e. The van der Waals surface area contributed by atoms with Crippen molar-refractivity contribution in [2.45, 2.75) is 38.1 Å². The van der Waals surface area contributed by atoms with Crippen molar-refractivity contribution in [2.24, 2.45) is 0 Å². The van der Waals surface area contributed by atoms with Crippen molar-refractivity contribution in [3.63, 3.8) is 0 Å². The van der Waals surface area contributed by atoms with Gasteiger partial charge in [-0.2, -0.15) is 0 Å². The molecule has 1 aromatic carbocycles. The van der Waals surface area contributed by atoms with Crippen LogP contribution in [0.5, 0.6) is 0 Å². The quantitative estimate of drug-likeness (QED) is 0.938. The third kappa shape index (κ3) is 3.14. The van der Waals surface area contributed by atoms with Gasteiger partial charge in [-0.05, 0) is 37.0 Å². The summed E-state index contributed by atoms with van der Waals surface area (Å²) in [5, 5.41) is 3.04. The summed E-state index contributed by atoms with van der Waals surface area (Å²) >= 11 is 0. The second-order valence-electron chi connectivity index (χ2n) is 6.75. The van der Waals surface area contributed by atoms with E-state index in [4.69, 9.17) is 0 Å². The van der Waals surface area contributed by atoms with Crippen LogP contribution in [0.2, 0.25) is 0 Å². The van der Waals surface area contributed by atoms with Crippen molar-refractivity contribution in [1.82, 2.24) is 10.3 Å². The van der Waals surface area contributed by atoms with Crippen LogP contribution >= 0.6 is 0 Å². The summed E-state index contributed by atoms with van der Waals surface area (Å²) in [6.07, 6.45) is 8.31. The van der Waals surface area contributed by atoms with Crippen molar-refractivity contribution in [1.29, 1.82) is 0 Å². The van der Waals surface area contributed by atoms with Gasteiger partial charge < -0.3 is 10.2 Å². The Labute approximate surface area is 147 Å². The molecule has 2 amide bonds. The number of amides is 2. The third-order valence-electron chi connectivity index (χ3n) is 5.07. The van der Waals surface area contributed by atoms with Crippen molar-refractivity contribution in [2.75, 3.05) is 11.4 Å². The molecule has 2 aliphatic rings. The summed E-state index contributed by atoms with van der Waals surface area (Å²) in [7, 11) is 0. The number of rotatable bonds is 3. The van der Waals surface area contributed by atoms with E-state index in [2.05, 4.69) is 10.3 Å². The van der Waals surface area contributed by atoms with Gasteiger partial charge in [-0.3, -0.25) is 14.6 Å². The van der Waals surface area contributed by atoms with E-state index in [1.807, 2.05) is 24.3 Å². The van der Waals surface area contributed by atoms with Crippen LogP contribution in [0.25, 0.3) is 0 Å². The van der Waals surface area contributed by atoms with Crippen LogP contribution in [0.4, 0.5) is 5.69 Å². The maximum absolute atomic E-state index is 12.9. The number of aromatic nitrogens is 1. The largest absolute Gasteiger partial charge is 0.349 e. The molecule has 0 unspecified atom stereocenters. The fourth-order valence-corrected chi connectivity index (χ4v) is 3.72. The van der Waals surface area contributed by atoms with E-state index in [1.165, 1.54) is 18.0 Å². The predicted molar refractivity (Wildman–Crippen MR) is 95.8 cm³/mol. The van der Waals surface area contributed by atoms with Crippen LogP contribution in [0.15, 0.2) is 42.7 Å². The molecule has 1 aliphatic carbocycles. The van der Waals surface area contributed by atoms with E-state index in [0.29, 0.717) is 17.7 Å². The van der Waals surface area contributed by atoms with E-state index in [-0.39, 0.29) is 17.9 Å². The Morgan fingerprint density at radius 2 is 1.84 bits per heavy atom. The standard InChI is InChI=1S/C20H21N3O2/c24-19(22-17-6-2-3-7-17)15-11-16(13-21-12-15)20(25)23-10-9-14-5-1-4-8-18(14)23/h1,4-5,8,11-13,17H,2-3,6-7,9-10H2,(H,22,24). The highest BCUT2D eigenvalue weighted by molar-refractivity contribution is 6.08. The van der Waals surface area contributed by atoms with Crippen molar-refractivity contribution >= 4 is 17.5 Å². The maximum Gasteiger partial charge on any atom is 0.259 e. The highest BCUT2D eigenvalue weighted by Gasteiger charge is 2.26. The lowest BCUT2D eigenvalue weighted by Gasteiger charge is -2.17. The van der Waals surface area contributed by atoms with Gasteiger partial charge in [0.1, 0.15) is 0 Å². The fourth-order valence-electron chi connectivity index (χ4n) is 3.72. The lowest BCUT2D eigenvalue weighted by Crippen LogP contribution is -2.33. The van der Waals surface area contributed by atoms with Crippen molar-refractivity contribution in [3.05, 3.63) is 59.4 Å². The summed E-state index contributed by atoms with van der Waals surface area (Å²) in [4.78, 5) is 31.2. The Morgan fingerprint density at radius 1 is 1.08 bits per heavy atom. The predicted octanol–water partition coefficient (Wildman–Crippen LogP) is 2.96. The number of para-hydroxylation sites is 1. The molecule has 128 valence electrons. The summed E-state index contributed by atoms with van der Waals surface area (Å²) in [5.74, 6) is -0.246. The van der Waals surface area contributed by atoms with Crippen LogP contribution in [0.1, 0.15) is 52.0 Å². The molecule has 5 nitrogen and oxygen atoms in total. The van der Waals surface area contributed by atoms with E-state index in [1.54, 1.807) is 11.0 Å². The Hall–Kier alpha value is -2.69. The lowest BCUT2D eigenvalue weighted by molar-refractivity contribution is 0.0937. The first-order chi connectivity index (χ1) is 12.2. The highest BCUT2D eigenvalue weighted by Crippen LogP contribution is 2.28. The minimum absolute atomic E-state index is 0.104. The number of fused-ring (bicyclic) bond motifs is 1. The first-order valence-electron chi connectivity index (χ1n) is 8.88. The molecule has 0 saturated heterocycles. The molecule has 4 rings (SSSR count). The zero-order valence-electron chi connectivity index (χ0n) is 14.1. The van der Waals surface area contributed by atoms with E-state index < -0.39 is 0 Å². The molecule has 1 aromatic heterocycles. The Kier molecular flexibility index (Phi) is 4.22. The number of nitrogens with one attached hydrogen (secondary N) is 1. The molecule has 2 aromatic rings. The molecular formula is C20H21N3O2. The van der Waals surface area contributed by atoms with E-state index in [9.17, 15) is 9.59 Å². The number of hydrogen-bond acceptors (Lipinski definition) is 3. The molecule has 0 atom stereocenters. The van der Waals surface area contributed by atoms with Gasteiger partial charge in [0, 0.05) is 30.7 Å². The van der Waals surface area contributed by atoms with E-state index >= 15 is 0 Å². The van der Waals surface area contributed by atoms with Crippen molar-refractivity contribution in [3.8, 4) is 0 Å². The summed E-state index contributed by atoms with van der Waals surface area (Å²) < 4.78 is 0. The zero-order chi connectivity index (χ0) is 17.2. The van der Waals surface area contributed by atoms with Gasteiger partial charge in [0.25, 0.3) is 11.8 Å². The summed E-state index contributed by atoms with van der Waals surface area (Å²) in [6.45, 7) is 0.663. The molecule has 1 fully saturated rings. The normalized spacial score (nSPS) is 16.7. The number of hydrogen-bond donors (Lipinski definition) is 1. The summed E-state index contributed by atoms with van der Waals surface area (Å²) in [6, 6.07) is 9.84. The first-order valence-corrected chi connectivity index (χ1v) is 8.88. The molecule has 5 heteroatoms. The van der Waals surface area contributed by atoms with Crippen molar-refractivity contribution < 1.29 is 9.59 Å². The molecule has 1 N–H and O–H groups in total. The molecule has 0 bridgehead atoms. The molecule has 1 saturated carbocycles. The lowest BCUT2D eigenvalue weighted by atomic mass is 10.1. The van der Waals surface area contributed by atoms with Gasteiger partial charge >= 0.3 is 0 Å².